The fourth-order valence-electron chi connectivity index (χ4n) is 1.23. The van der Waals surface area contributed by atoms with Crippen LogP contribution in [0.25, 0.3) is 0 Å². The molecule has 0 amide bonds. The van der Waals surface area contributed by atoms with Crippen LogP contribution < -0.4 is 0 Å². The van der Waals surface area contributed by atoms with Crippen molar-refractivity contribution in [1.82, 2.24) is 0 Å². The van der Waals surface area contributed by atoms with Gasteiger partial charge in [-0.05, 0) is 0 Å². The van der Waals surface area contributed by atoms with Crippen LogP contribution in [0.1, 0.15) is 0 Å². The van der Waals surface area contributed by atoms with E-state index in [-0.39, 0.29) is 0 Å². The number of rotatable bonds is 0. The van der Waals surface area contributed by atoms with Crippen LogP contribution in [0, 0.1) is 5.92 Å². The first-order chi connectivity index (χ1) is 6.59. The van der Waals surface area contributed by atoms with Gasteiger partial charge in [0.1, 0.15) is 5.92 Å². The van der Waals surface area contributed by atoms with Gasteiger partial charge in [0.25, 0.3) is 0 Å². The van der Waals surface area contributed by atoms with Gasteiger partial charge >= 0.3 is 12.4 Å². The number of hydrogen-bond donors (Lipinski definition) is 0. The Balaban J connectivity index is 3.17. The van der Waals surface area contributed by atoms with Gasteiger partial charge in [-0.25, -0.2) is 0 Å². The van der Waals surface area contributed by atoms with Crippen LogP contribution in [0.15, 0.2) is 24.3 Å². The van der Waals surface area contributed by atoms with Gasteiger partial charge in [0.05, 0.1) is 0 Å². The van der Waals surface area contributed by atoms with E-state index < -0.39 is 22.6 Å². The summed E-state index contributed by atoms with van der Waals surface area (Å²) in [5.74, 6) is -2.60. The number of halogens is 7. The van der Waals surface area contributed by atoms with E-state index in [4.69, 9.17) is 0 Å². The molecule has 0 saturated carbocycles. The molecule has 2 unspecified atom stereocenters. The van der Waals surface area contributed by atoms with Crippen LogP contribution >= 0.6 is 15.9 Å². The molecule has 1 rings (SSSR count). The minimum absolute atomic E-state index is 0.463. The molecule has 0 aromatic carbocycles. The molecule has 1 aliphatic carbocycles. The van der Waals surface area contributed by atoms with Crippen LogP contribution in [0.4, 0.5) is 26.3 Å². The minimum Gasteiger partial charge on any atom is -0.170 e. The normalized spacial score (nSPS) is 32.1. The topological polar surface area (TPSA) is 0 Å². The molecule has 0 nitrogen and oxygen atoms in total. The summed E-state index contributed by atoms with van der Waals surface area (Å²) in [5.41, 5.74) is 0. The van der Waals surface area contributed by atoms with Gasteiger partial charge in [-0.15, -0.1) is 0 Å². The largest absolute Gasteiger partial charge is 0.408 e. The standard InChI is InChI=1S/C8H5BrF6/c9-6(8(13,14)15)4-2-1-3-5(6)7(10,11)12/h1-5H. The predicted molar refractivity (Wildman–Crippen MR) is 45.5 cm³/mol. The zero-order valence-corrected chi connectivity index (χ0v) is 8.62. The molecule has 0 bridgehead atoms. The third kappa shape index (κ3) is 2.21. The zero-order chi connectivity index (χ0) is 11.9. The summed E-state index contributed by atoms with van der Waals surface area (Å²) in [6.45, 7) is 0. The highest BCUT2D eigenvalue weighted by atomic mass is 79.9. The van der Waals surface area contributed by atoms with Gasteiger partial charge < -0.3 is 0 Å². The molecule has 0 radical (unpaired) electrons. The molecule has 86 valence electrons. The Labute approximate surface area is 89.8 Å². The van der Waals surface area contributed by atoms with Crippen LogP contribution in [0.5, 0.6) is 0 Å². The SMILES string of the molecule is FC(F)(F)C1C=CC=CC1(Br)C(F)(F)F. The molecular weight excluding hydrogens is 290 g/mol. The molecule has 0 aromatic rings. The Morgan fingerprint density at radius 2 is 1.53 bits per heavy atom. The Kier molecular flexibility index (Phi) is 2.97. The Bertz CT molecular complexity index is 299. The van der Waals surface area contributed by atoms with Crippen molar-refractivity contribution in [1.29, 1.82) is 0 Å². The second kappa shape index (κ2) is 3.54. The fraction of sp³-hybridized carbons (Fsp3) is 0.500. The third-order valence-electron chi connectivity index (χ3n) is 1.99. The van der Waals surface area contributed by atoms with Gasteiger partial charge in [0, 0.05) is 0 Å². The van der Waals surface area contributed by atoms with Crippen molar-refractivity contribution >= 4 is 15.9 Å². The molecule has 0 N–H and O–H groups in total. The summed E-state index contributed by atoms with van der Waals surface area (Å²) in [7, 11) is 0. The van der Waals surface area contributed by atoms with Crippen molar-refractivity contribution in [2.75, 3.05) is 0 Å². The summed E-state index contributed by atoms with van der Waals surface area (Å²) in [5, 5.41) is 0. The monoisotopic (exact) mass is 294 g/mol. The zero-order valence-electron chi connectivity index (χ0n) is 7.03. The van der Waals surface area contributed by atoms with E-state index in [2.05, 4.69) is 15.9 Å². The third-order valence-corrected chi connectivity index (χ3v) is 3.20. The molecule has 0 aliphatic heterocycles. The lowest BCUT2D eigenvalue weighted by atomic mass is 9.87. The Hall–Kier alpha value is -0.460. The molecule has 0 heterocycles. The fourth-order valence-corrected chi connectivity index (χ4v) is 1.80. The number of allylic oxidation sites excluding steroid dienone is 4. The maximum absolute atomic E-state index is 12.5. The van der Waals surface area contributed by atoms with Crippen molar-refractivity contribution in [2.45, 2.75) is 16.7 Å². The first-order valence-electron chi connectivity index (χ1n) is 3.77. The molecular formula is C8H5BrF6. The van der Waals surface area contributed by atoms with E-state index in [0.29, 0.717) is 12.2 Å². The van der Waals surface area contributed by atoms with Crippen molar-refractivity contribution in [3.63, 3.8) is 0 Å². The lowest BCUT2D eigenvalue weighted by Gasteiger charge is -2.35. The number of alkyl halides is 7. The first-order valence-corrected chi connectivity index (χ1v) is 4.57. The summed E-state index contributed by atoms with van der Waals surface area (Å²) in [6, 6.07) is 0. The summed E-state index contributed by atoms with van der Waals surface area (Å²) >= 11 is 2.14. The smallest absolute Gasteiger partial charge is 0.170 e. The Morgan fingerprint density at radius 1 is 1.00 bits per heavy atom. The lowest BCUT2D eigenvalue weighted by Crippen LogP contribution is -2.50. The van der Waals surface area contributed by atoms with E-state index in [1.807, 2.05) is 0 Å². The average Bonchev–Trinajstić information content (AvgIpc) is 2.00. The van der Waals surface area contributed by atoms with Crippen molar-refractivity contribution in [3.8, 4) is 0 Å². The molecule has 0 fully saturated rings. The quantitative estimate of drug-likeness (QED) is 0.468. The maximum Gasteiger partial charge on any atom is 0.408 e. The summed E-state index contributed by atoms with van der Waals surface area (Å²) < 4.78 is 71.4. The van der Waals surface area contributed by atoms with E-state index in [0.717, 1.165) is 12.2 Å². The first kappa shape index (κ1) is 12.6. The summed E-state index contributed by atoms with van der Waals surface area (Å²) in [4.78, 5) is 0. The van der Waals surface area contributed by atoms with Gasteiger partial charge in [-0.2, -0.15) is 26.3 Å². The molecule has 0 aromatic heterocycles. The second-order valence-electron chi connectivity index (χ2n) is 3.03. The van der Waals surface area contributed by atoms with Gasteiger partial charge in [0.15, 0.2) is 4.32 Å². The van der Waals surface area contributed by atoms with Crippen molar-refractivity contribution < 1.29 is 26.3 Å². The highest BCUT2D eigenvalue weighted by molar-refractivity contribution is 9.10. The van der Waals surface area contributed by atoms with Gasteiger partial charge in [-0.3, -0.25) is 0 Å². The Morgan fingerprint density at radius 3 is 1.87 bits per heavy atom. The molecule has 7 heteroatoms. The van der Waals surface area contributed by atoms with Gasteiger partial charge in [-0.1, -0.05) is 40.2 Å². The van der Waals surface area contributed by atoms with Crippen LogP contribution in [-0.2, 0) is 0 Å². The number of hydrogen-bond acceptors (Lipinski definition) is 0. The average molecular weight is 295 g/mol. The van der Waals surface area contributed by atoms with Crippen LogP contribution in [-0.4, -0.2) is 16.7 Å². The van der Waals surface area contributed by atoms with E-state index in [9.17, 15) is 26.3 Å². The highest BCUT2D eigenvalue weighted by Gasteiger charge is 2.63. The van der Waals surface area contributed by atoms with Crippen LogP contribution in [0.2, 0.25) is 0 Å². The molecule has 2 atom stereocenters. The van der Waals surface area contributed by atoms with Crippen molar-refractivity contribution in [3.05, 3.63) is 24.3 Å². The molecule has 1 aliphatic rings. The molecule has 0 saturated heterocycles. The van der Waals surface area contributed by atoms with Gasteiger partial charge in [0.2, 0.25) is 0 Å². The van der Waals surface area contributed by atoms with E-state index in [1.165, 1.54) is 0 Å². The van der Waals surface area contributed by atoms with Crippen molar-refractivity contribution in [2.24, 2.45) is 5.92 Å². The molecule has 15 heavy (non-hydrogen) atoms. The second-order valence-corrected chi connectivity index (χ2v) is 4.34. The maximum atomic E-state index is 12.5. The minimum atomic E-state index is -5.01. The van der Waals surface area contributed by atoms with E-state index in [1.54, 1.807) is 0 Å². The highest BCUT2D eigenvalue weighted by Crippen LogP contribution is 2.52. The summed E-state index contributed by atoms with van der Waals surface area (Å²) in [6.07, 6.45) is -7.12. The van der Waals surface area contributed by atoms with E-state index >= 15 is 0 Å². The lowest BCUT2D eigenvalue weighted by molar-refractivity contribution is -0.217. The predicted octanol–water partition coefficient (Wildman–Crippen LogP) is 3.99. The van der Waals surface area contributed by atoms with Crippen LogP contribution in [0.3, 0.4) is 0 Å². The molecule has 0 spiro atoms.